The van der Waals surface area contributed by atoms with Gasteiger partial charge in [0.2, 0.25) is 5.91 Å². The van der Waals surface area contributed by atoms with Gasteiger partial charge in [0.05, 0.1) is 24.8 Å². The van der Waals surface area contributed by atoms with Crippen LogP contribution in [0.25, 0.3) is 0 Å². The van der Waals surface area contributed by atoms with Crippen molar-refractivity contribution in [1.82, 2.24) is 4.57 Å². The normalized spacial score (nSPS) is 15.5. The number of nitrogens with zero attached hydrogens (tertiary/aromatic N) is 2. The quantitative estimate of drug-likeness (QED) is 0.541. The van der Waals surface area contributed by atoms with E-state index in [0.717, 1.165) is 16.9 Å². The molecule has 2 aromatic carbocycles. The molecular weight excluding hydrogens is 440 g/mol. The van der Waals surface area contributed by atoms with Gasteiger partial charge in [0.15, 0.2) is 0 Å². The van der Waals surface area contributed by atoms with E-state index >= 15 is 0 Å². The van der Waals surface area contributed by atoms with Crippen molar-refractivity contribution in [2.45, 2.75) is 18.9 Å². The number of halogens is 1. The molecule has 0 unspecified atom stereocenters. The summed E-state index contributed by atoms with van der Waals surface area (Å²) in [7, 11) is 2.84. The zero-order chi connectivity index (χ0) is 22.1. The van der Waals surface area contributed by atoms with E-state index in [0.29, 0.717) is 27.2 Å². The monoisotopic (exact) mass is 458 g/mol. The number of esters is 1. The molecule has 1 aliphatic heterocycles. The molecule has 1 aromatic heterocycles. The van der Waals surface area contributed by atoms with Crippen LogP contribution in [0.15, 0.2) is 53.3 Å². The molecule has 0 aliphatic carbocycles. The van der Waals surface area contributed by atoms with Crippen molar-refractivity contribution >= 4 is 46.3 Å². The molecule has 0 saturated carbocycles. The maximum Gasteiger partial charge on any atom is 0.325 e. The van der Waals surface area contributed by atoms with Gasteiger partial charge in [0.1, 0.15) is 18.1 Å². The highest BCUT2D eigenvalue weighted by Gasteiger charge is 2.38. The van der Waals surface area contributed by atoms with Gasteiger partial charge in [-0.05, 0) is 35.9 Å². The molecule has 9 heteroatoms. The van der Waals surface area contributed by atoms with Crippen LogP contribution in [0.2, 0.25) is 5.02 Å². The zero-order valence-corrected chi connectivity index (χ0v) is 18.4. The van der Waals surface area contributed by atoms with Gasteiger partial charge in [-0.3, -0.25) is 23.9 Å². The number of carbonyl (C=O) groups is 2. The molecule has 0 saturated heterocycles. The van der Waals surface area contributed by atoms with Crippen LogP contribution in [0.3, 0.4) is 0 Å². The third kappa shape index (κ3) is 3.96. The van der Waals surface area contributed by atoms with Crippen molar-refractivity contribution in [2.24, 2.45) is 0 Å². The molecule has 3 aromatic rings. The predicted octanol–water partition coefficient (Wildman–Crippen LogP) is 3.95. The van der Waals surface area contributed by atoms with Crippen LogP contribution in [0.1, 0.15) is 22.8 Å². The number of aromatic nitrogens is 1. The van der Waals surface area contributed by atoms with Gasteiger partial charge in [-0.25, -0.2) is 0 Å². The Morgan fingerprint density at radius 1 is 1.16 bits per heavy atom. The molecule has 0 N–H and O–H groups in total. The van der Waals surface area contributed by atoms with Crippen LogP contribution in [0.5, 0.6) is 5.75 Å². The number of methoxy groups -OCH3 is 2. The summed E-state index contributed by atoms with van der Waals surface area (Å²) in [5.74, 6) is -0.0250. The van der Waals surface area contributed by atoms with Gasteiger partial charge >= 0.3 is 10.8 Å². The van der Waals surface area contributed by atoms with E-state index in [-0.39, 0.29) is 29.7 Å². The summed E-state index contributed by atoms with van der Waals surface area (Å²) in [4.78, 5) is 40.0. The number of ether oxygens (including phenoxy) is 2. The fourth-order valence-electron chi connectivity index (χ4n) is 3.67. The Morgan fingerprint density at radius 3 is 2.55 bits per heavy atom. The summed E-state index contributed by atoms with van der Waals surface area (Å²) in [5, 5.41) is 0.459. The SMILES string of the molecule is COC(=O)Cn1c2c(sc1=O)[C@H](c1ccc(OC)cc1)CC(=O)N2c1cccc(Cl)c1. The van der Waals surface area contributed by atoms with Gasteiger partial charge in [-0.2, -0.15) is 0 Å². The largest absolute Gasteiger partial charge is 0.497 e. The lowest BCUT2D eigenvalue weighted by Gasteiger charge is -2.32. The molecule has 0 bridgehead atoms. The molecule has 160 valence electrons. The molecule has 4 rings (SSSR count). The van der Waals surface area contributed by atoms with Crippen LogP contribution in [-0.4, -0.2) is 30.7 Å². The van der Waals surface area contributed by atoms with Gasteiger partial charge in [0, 0.05) is 17.4 Å². The fraction of sp³-hybridized carbons (Fsp3) is 0.227. The minimum atomic E-state index is -0.576. The van der Waals surface area contributed by atoms with Crippen LogP contribution >= 0.6 is 22.9 Å². The third-order valence-corrected chi connectivity index (χ3v) is 6.47. The topological polar surface area (TPSA) is 77.8 Å². The Morgan fingerprint density at radius 2 is 1.90 bits per heavy atom. The van der Waals surface area contributed by atoms with Gasteiger partial charge in [-0.1, -0.05) is 41.1 Å². The minimum absolute atomic E-state index is 0.171. The fourth-order valence-corrected chi connectivity index (χ4v) is 4.96. The summed E-state index contributed by atoms with van der Waals surface area (Å²) in [5.41, 5.74) is 1.41. The number of anilines is 2. The van der Waals surface area contributed by atoms with E-state index in [2.05, 4.69) is 0 Å². The van der Waals surface area contributed by atoms with E-state index in [4.69, 9.17) is 21.1 Å². The maximum atomic E-state index is 13.3. The van der Waals surface area contributed by atoms with Gasteiger partial charge in [0.25, 0.3) is 0 Å². The average Bonchev–Trinajstić information content (AvgIpc) is 3.08. The number of hydrogen-bond acceptors (Lipinski definition) is 6. The summed E-state index contributed by atoms with van der Waals surface area (Å²) in [6.07, 6.45) is 0.171. The lowest BCUT2D eigenvalue weighted by Crippen LogP contribution is -2.36. The van der Waals surface area contributed by atoms with Crippen molar-refractivity contribution in [3.8, 4) is 5.75 Å². The number of thiazole rings is 1. The van der Waals surface area contributed by atoms with Crippen LogP contribution in [0, 0.1) is 0 Å². The Balaban J connectivity index is 1.90. The average molecular weight is 459 g/mol. The predicted molar refractivity (Wildman–Crippen MR) is 119 cm³/mol. The molecule has 2 heterocycles. The maximum absolute atomic E-state index is 13.3. The number of benzene rings is 2. The first-order valence-corrected chi connectivity index (χ1v) is 10.6. The van der Waals surface area contributed by atoms with E-state index in [1.54, 1.807) is 31.4 Å². The number of hydrogen-bond donors (Lipinski definition) is 0. The molecule has 1 atom stereocenters. The molecule has 0 radical (unpaired) electrons. The second-order valence-electron chi connectivity index (χ2n) is 6.96. The highest BCUT2D eigenvalue weighted by molar-refractivity contribution is 7.10. The van der Waals surface area contributed by atoms with E-state index in [1.165, 1.54) is 16.6 Å². The Hall–Kier alpha value is -3.10. The Bertz CT molecular complexity index is 1200. The van der Waals surface area contributed by atoms with Crippen LogP contribution in [0.4, 0.5) is 11.5 Å². The molecular formula is C22H19ClN2O5S. The highest BCUT2D eigenvalue weighted by atomic mass is 35.5. The molecule has 0 fully saturated rings. The van der Waals surface area contributed by atoms with E-state index in [1.807, 2.05) is 24.3 Å². The molecule has 31 heavy (non-hydrogen) atoms. The molecule has 0 spiro atoms. The number of amides is 1. The van der Waals surface area contributed by atoms with Crippen molar-refractivity contribution in [3.05, 3.63) is 73.7 Å². The van der Waals surface area contributed by atoms with Crippen molar-refractivity contribution in [2.75, 3.05) is 19.1 Å². The first-order valence-electron chi connectivity index (χ1n) is 9.45. The highest BCUT2D eigenvalue weighted by Crippen LogP contribution is 2.45. The van der Waals surface area contributed by atoms with E-state index in [9.17, 15) is 14.4 Å². The molecule has 7 nitrogen and oxygen atoms in total. The molecule has 1 amide bonds. The lowest BCUT2D eigenvalue weighted by molar-refractivity contribution is -0.141. The second-order valence-corrected chi connectivity index (χ2v) is 8.39. The van der Waals surface area contributed by atoms with Crippen LogP contribution < -0.4 is 14.5 Å². The first-order chi connectivity index (χ1) is 14.9. The number of carbonyl (C=O) groups excluding carboxylic acids is 2. The molecule has 1 aliphatic rings. The second kappa shape index (κ2) is 8.56. The Labute approximate surface area is 187 Å². The van der Waals surface area contributed by atoms with Crippen molar-refractivity contribution < 1.29 is 19.1 Å². The van der Waals surface area contributed by atoms with Crippen LogP contribution in [-0.2, 0) is 20.9 Å². The Kier molecular flexibility index (Phi) is 5.84. The minimum Gasteiger partial charge on any atom is -0.497 e. The smallest absolute Gasteiger partial charge is 0.325 e. The number of fused-ring (bicyclic) bond motifs is 1. The standard InChI is InChI=1S/C22H19ClN2O5S/c1-29-16-8-6-13(7-9-16)17-11-18(26)25(15-5-3-4-14(23)10-15)21-20(17)31-22(28)24(21)12-19(27)30-2/h3-10,17H,11-12H2,1-2H3/t17-/m0/s1. The summed E-state index contributed by atoms with van der Waals surface area (Å²) in [6, 6.07) is 14.2. The lowest BCUT2D eigenvalue weighted by atomic mass is 9.90. The van der Waals surface area contributed by atoms with E-state index < -0.39 is 5.97 Å². The summed E-state index contributed by atoms with van der Waals surface area (Å²) < 4.78 is 11.3. The zero-order valence-electron chi connectivity index (χ0n) is 16.8. The first kappa shape index (κ1) is 21.1. The summed E-state index contributed by atoms with van der Waals surface area (Å²) in [6.45, 7) is -0.291. The van der Waals surface area contributed by atoms with Gasteiger partial charge in [-0.15, -0.1) is 0 Å². The van der Waals surface area contributed by atoms with Gasteiger partial charge < -0.3 is 9.47 Å². The summed E-state index contributed by atoms with van der Waals surface area (Å²) >= 11 is 7.18. The number of rotatable bonds is 5. The van der Waals surface area contributed by atoms with Crippen molar-refractivity contribution in [1.29, 1.82) is 0 Å². The third-order valence-electron chi connectivity index (χ3n) is 5.15. The van der Waals surface area contributed by atoms with Crippen molar-refractivity contribution in [3.63, 3.8) is 0 Å².